The SMILES string of the molecule is CC1CCCCN1Cc1cnc(NC(=O)c2ccc(Br)cc2)s1. The number of hydrogen-bond acceptors (Lipinski definition) is 4. The Kier molecular flexibility index (Phi) is 5.46. The largest absolute Gasteiger partial charge is 0.298 e. The van der Waals surface area contributed by atoms with E-state index in [2.05, 4.69) is 38.1 Å². The molecule has 6 heteroatoms. The lowest BCUT2D eigenvalue weighted by atomic mass is 10.0. The molecule has 0 bridgehead atoms. The highest BCUT2D eigenvalue weighted by molar-refractivity contribution is 9.10. The fourth-order valence-electron chi connectivity index (χ4n) is 2.80. The van der Waals surface area contributed by atoms with Crippen molar-refractivity contribution in [2.45, 2.75) is 38.8 Å². The Morgan fingerprint density at radius 3 is 2.91 bits per heavy atom. The number of rotatable bonds is 4. The van der Waals surface area contributed by atoms with E-state index in [-0.39, 0.29) is 5.91 Å². The molecule has 122 valence electrons. The number of piperidine rings is 1. The molecule has 0 radical (unpaired) electrons. The van der Waals surface area contributed by atoms with Crippen LogP contribution in [-0.4, -0.2) is 28.4 Å². The number of halogens is 1. The zero-order valence-electron chi connectivity index (χ0n) is 13.1. The quantitative estimate of drug-likeness (QED) is 0.829. The van der Waals surface area contributed by atoms with Gasteiger partial charge in [-0.2, -0.15) is 0 Å². The van der Waals surface area contributed by atoms with Crippen LogP contribution in [0.5, 0.6) is 0 Å². The summed E-state index contributed by atoms with van der Waals surface area (Å²) in [5.74, 6) is -0.121. The maximum absolute atomic E-state index is 12.2. The van der Waals surface area contributed by atoms with Crippen LogP contribution in [0.2, 0.25) is 0 Å². The first-order chi connectivity index (χ1) is 11.1. The molecule has 1 aliphatic heterocycles. The van der Waals surface area contributed by atoms with Crippen LogP contribution >= 0.6 is 27.3 Å². The van der Waals surface area contributed by atoms with Gasteiger partial charge in [0.25, 0.3) is 5.91 Å². The van der Waals surface area contributed by atoms with Crippen molar-refractivity contribution in [2.75, 3.05) is 11.9 Å². The number of anilines is 1. The Labute approximate surface area is 149 Å². The van der Waals surface area contributed by atoms with Crippen LogP contribution in [0, 0.1) is 0 Å². The summed E-state index contributed by atoms with van der Waals surface area (Å²) in [6, 6.07) is 7.94. The second-order valence-corrected chi connectivity index (χ2v) is 7.94. The molecule has 1 aromatic carbocycles. The average Bonchev–Trinajstić information content (AvgIpc) is 2.97. The van der Waals surface area contributed by atoms with Crippen molar-refractivity contribution < 1.29 is 4.79 Å². The van der Waals surface area contributed by atoms with Crippen molar-refractivity contribution in [3.63, 3.8) is 0 Å². The van der Waals surface area contributed by atoms with Gasteiger partial charge in [0.05, 0.1) is 0 Å². The summed E-state index contributed by atoms with van der Waals surface area (Å²) >= 11 is 4.93. The van der Waals surface area contributed by atoms with Gasteiger partial charge in [-0.05, 0) is 50.6 Å². The maximum atomic E-state index is 12.2. The van der Waals surface area contributed by atoms with Gasteiger partial charge in [-0.25, -0.2) is 4.98 Å². The van der Waals surface area contributed by atoms with Gasteiger partial charge in [-0.15, -0.1) is 11.3 Å². The lowest BCUT2D eigenvalue weighted by Gasteiger charge is -2.32. The molecule has 2 aromatic rings. The number of hydrogen-bond donors (Lipinski definition) is 1. The summed E-state index contributed by atoms with van der Waals surface area (Å²) < 4.78 is 0.959. The van der Waals surface area contributed by atoms with Gasteiger partial charge in [0.1, 0.15) is 0 Å². The third-order valence-electron chi connectivity index (χ3n) is 4.18. The van der Waals surface area contributed by atoms with Gasteiger partial charge in [0.15, 0.2) is 5.13 Å². The van der Waals surface area contributed by atoms with Gasteiger partial charge >= 0.3 is 0 Å². The molecule has 1 aliphatic rings. The van der Waals surface area contributed by atoms with Crippen LogP contribution in [0.4, 0.5) is 5.13 Å². The first kappa shape index (κ1) is 16.6. The molecule has 0 spiro atoms. The summed E-state index contributed by atoms with van der Waals surface area (Å²) in [5, 5.41) is 3.55. The first-order valence-electron chi connectivity index (χ1n) is 7.87. The number of nitrogens with zero attached hydrogens (tertiary/aromatic N) is 2. The Balaban J connectivity index is 1.60. The summed E-state index contributed by atoms with van der Waals surface area (Å²) in [4.78, 5) is 20.2. The zero-order chi connectivity index (χ0) is 16.2. The number of likely N-dealkylation sites (tertiary alicyclic amines) is 1. The van der Waals surface area contributed by atoms with Crippen molar-refractivity contribution in [3.8, 4) is 0 Å². The molecule has 23 heavy (non-hydrogen) atoms. The zero-order valence-corrected chi connectivity index (χ0v) is 15.5. The topological polar surface area (TPSA) is 45.2 Å². The van der Waals surface area contributed by atoms with Crippen molar-refractivity contribution in [1.29, 1.82) is 0 Å². The van der Waals surface area contributed by atoms with E-state index in [0.29, 0.717) is 16.7 Å². The van der Waals surface area contributed by atoms with Crippen LogP contribution < -0.4 is 5.32 Å². The smallest absolute Gasteiger partial charge is 0.257 e. The Morgan fingerprint density at radius 2 is 2.17 bits per heavy atom. The molecule has 1 atom stereocenters. The normalized spacial score (nSPS) is 18.8. The number of carbonyl (C=O) groups is 1. The molecule has 0 aliphatic carbocycles. The number of benzene rings is 1. The van der Waals surface area contributed by atoms with E-state index < -0.39 is 0 Å². The third-order valence-corrected chi connectivity index (χ3v) is 5.61. The van der Waals surface area contributed by atoms with Gasteiger partial charge in [0.2, 0.25) is 0 Å². The van der Waals surface area contributed by atoms with Gasteiger partial charge in [-0.3, -0.25) is 15.0 Å². The predicted molar refractivity (Wildman–Crippen MR) is 97.9 cm³/mol. The van der Waals surface area contributed by atoms with Gasteiger partial charge in [-0.1, -0.05) is 22.4 Å². The van der Waals surface area contributed by atoms with Gasteiger partial charge in [0, 0.05) is 33.7 Å². The standard InChI is InChI=1S/C17H20BrN3OS/c1-12-4-2-3-9-21(12)11-15-10-19-17(23-15)20-16(22)13-5-7-14(18)8-6-13/h5-8,10,12H,2-4,9,11H2,1H3,(H,19,20,22). The van der Waals surface area contributed by atoms with E-state index in [4.69, 9.17) is 0 Å². The van der Waals surface area contributed by atoms with Crippen LogP contribution in [0.15, 0.2) is 34.9 Å². The van der Waals surface area contributed by atoms with E-state index in [1.54, 1.807) is 23.5 Å². The van der Waals surface area contributed by atoms with E-state index >= 15 is 0 Å². The highest BCUT2D eigenvalue weighted by atomic mass is 79.9. The highest BCUT2D eigenvalue weighted by Gasteiger charge is 2.19. The minimum Gasteiger partial charge on any atom is -0.298 e. The lowest BCUT2D eigenvalue weighted by molar-refractivity contribution is 0.102. The molecule has 4 nitrogen and oxygen atoms in total. The monoisotopic (exact) mass is 393 g/mol. The third kappa shape index (κ3) is 4.40. The van der Waals surface area contributed by atoms with Crippen molar-refractivity contribution in [3.05, 3.63) is 45.4 Å². The summed E-state index contributed by atoms with van der Waals surface area (Å²) in [5.41, 5.74) is 0.634. The minimum absolute atomic E-state index is 0.121. The van der Waals surface area contributed by atoms with E-state index in [9.17, 15) is 4.79 Å². The molecule has 2 heterocycles. The molecule has 1 saturated heterocycles. The molecule has 0 saturated carbocycles. The van der Waals surface area contributed by atoms with E-state index in [1.165, 1.54) is 24.1 Å². The molecule has 1 fully saturated rings. The average molecular weight is 394 g/mol. The molecule has 1 aromatic heterocycles. The van der Waals surface area contributed by atoms with Crippen LogP contribution in [0.25, 0.3) is 0 Å². The molecule has 3 rings (SSSR count). The molecule has 1 amide bonds. The van der Waals surface area contributed by atoms with Crippen molar-refractivity contribution in [2.24, 2.45) is 0 Å². The first-order valence-corrected chi connectivity index (χ1v) is 9.48. The Morgan fingerprint density at radius 1 is 1.39 bits per heavy atom. The highest BCUT2D eigenvalue weighted by Crippen LogP contribution is 2.24. The van der Waals surface area contributed by atoms with E-state index in [1.807, 2.05) is 18.3 Å². The minimum atomic E-state index is -0.121. The van der Waals surface area contributed by atoms with Crippen molar-refractivity contribution >= 4 is 38.3 Å². The second-order valence-electron chi connectivity index (χ2n) is 5.91. The lowest BCUT2D eigenvalue weighted by Crippen LogP contribution is -2.36. The van der Waals surface area contributed by atoms with Gasteiger partial charge < -0.3 is 0 Å². The number of thiazole rings is 1. The van der Waals surface area contributed by atoms with E-state index in [0.717, 1.165) is 17.6 Å². The number of nitrogens with one attached hydrogen (secondary N) is 1. The van der Waals surface area contributed by atoms with Crippen molar-refractivity contribution in [1.82, 2.24) is 9.88 Å². The number of amides is 1. The fourth-order valence-corrected chi connectivity index (χ4v) is 3.90. The second kappa shape index (κ2) is 7.55. The van der Waals surface area contributed by atoms with Crippen LogP contribution in [0.1, 0.15) is 41.4 Å². The Bertz CT molecular complexity index is 671. The number of carbonyl (C=O) groups excluding carboxylic acids is 1. The van der Waals surface area contributed by atoms with Crippen LogP contribution in [0.3, 0.4) is 0 Å². The maximum Gasteiger partial charge on any atom is 0.257 e. The summed E-state index contributed by atoms with van der Waals surface area (Å²) in [6.07, 6.45) is 5.75. The molecule has 1 unspecified atom stereocenters. The van der Waals surface area contributed by atoms with Crippen LogP contribution in [-0.2, 0) is 6.54 Å². The molecular formula is C17H20BrN3OS. The fraction of sp³-hybridized carbons (Fsp3) is 0.412. The summed E-state index contributed by atoms with van der Waals surface area (Å²) in [7, 11) is 0. The number of aromatic nitrogens is 1. The Hall–Kier alpha value is -1.24. The molecule has 1 N–H and O–H groups in total. The molecular weight excluding hydrogens is 374 g/mol. The predicted octanol–water partition coefficient (Wildman–Crippen LogP) is 4.53. The summed E-state index contributed by atoms with van der Waals surface area (Å²) in [6.45, 7) is 4.36.